The zero-order chi connectivity index (χ0) is 12.1. The molecule has 2 saturated carbocycles. The molecule has 2 rings (SSSR count). The lowest BCUT2D eigenvalue weighted by Gasteiger charge is -2.14. The van der Waals surface area contributed by atoms with Gasteiger partial charge in [-0.15, -0.1) is 0 Å². The summed E-state index contributed by atoms with van der Waals surface area (Å²) in [5.74, 6) is -3.20. The van der Waals surface area contributed by atoms with Crippen LogP contribution in [0.2, 0.25) is 0 Å². The summed E-state index contributed by atoms with van der Waals surface area (Å²) in [4.78, 5) is 0. The van der Waals surface area contributed by atoms with Gasteiger partial charge in [-0.1, -0.05) is 0 Å². The maximum atomic E-state index is 12.9. The highest BCUT2D eigenvalue weighted by Gasteiger charge is 2.71. The second-order valence-corrected chi connectivity index (χ2v) is 7.67. The van der Waals surface area contributed by atoms with E-state index in [1.165, 1.54) is 0 Å². The summed E-state index contributed by atoms with van der Waals surface area (Å²) < 4.78 is 41.0. The van der Waals surface area contributed by atoms with Crippen LogP contribution < -0.4 is 0 Å². The number of rotatable bonds is 2. The van der Waals surface area contributed by atoms with Crippen LogP contribution in [-0.2, 0) is 11.0 Å². The van der Waals surface area contributed by atoms with Gasteiger partial charge < -0.3 is 0 Å². The van der Waals surface area contributed by atoms with E-state index in [0.717, 1.165) is 0 Å². The molecule has 4 atom stereocenters. The van der Waals surface area contributed by atoms with E-state index in [1.807, 2.05) is 20.8 Å². The molecule has 0 aromatic rings. The van der Waals surface area contributed by atoms with E-state index in [4.69, 9.17) is 0 Å². The van der Waals surface area contributed by atoms with Crippen molar-refractivity contribution in [2.75, 3.05) is 0 Å². The summed E-state index contributed by atoms with van der Waals surface area (Å²) in [6.45, 7) is 5.54. The summed E-state index contributed by atoms with van der Waals surface area (Å²) in [5, 5.41) is 0. The van der Waals surface area contributed by atoms with Gasteiger partial charge in [0.05, 0.1) is 4.75 Å². The van der Waals surface area contributed by atoms with Gasteiger partial charge >= 0.3 is 0 Å². The molecule has 5 heteroatoms. The Morgan fingerprint density at radius 2 is 1.81 bits per heavy atom. The van der Waals surface area contributed by atoms with Crippen LogP contribution in [-0.4, -0.2) is 21.1 Å². The zero-order valence-electron chi connectivity index (χ0n) is 9.74. The average Bonchev–Trinajstić information content (AvgIpc) is 2.57. The minimum atomic E-state index is -2.42. The molecule has 2 nitrogen and oxygen atoms in total. The third-order valence-electron chi connectivity index (χ3n) is 3.37. The molecule has 0 amide bonds. The number of nitrogens with zero attached hydrogens (tertiary/aromatic N) is 1. The van der Waals surface area contributed by atoms with E-state index >= 15 is 0 Å². The molecule has 0 N–H and O–H groups in total. The Morgan fingerprint density at radius 3 is 2.25 bits per heavy atom. The molecule has 0 radical (unpaired) electrons. The lowest BCUT2D eigenvalue weighted by atomic mass is 10.0. The molecule has 1 unspecified atom stereocenters. The highest BCUT2D eigenvalue weighted by Crippen LogP contribution is 2.65. The predicted octanol–water partition coefficient (Wildman–Crippen LogP) is 2.81. The maximum absolute atomic E-state index is 12.9. The monoisotopic (exact) mass is 249 g/mol. The highest BCUT2D eigenvalue weighted by atomic mass is 32.2. The van der Waals surface area contributed by atoms with Gasteiger partial charge in [-0.25, -0.2) is 13.0 Å². The van der Waals surface area contributed by atoms with Crippen LogP contribution in [0.3, 0.4) is 0 Å². The van der Waals surface area contributed by atoms with Crippen LogP contribution in [0.4, 0.5) is 8.78 Å². The Balaban J connectivity index is 1.86. The fourth-order valence-corrected chi connectivity index (χ4v) is 2.87. The molecule has 0 heterocycles. The Hall–Kier alpha value is -0.320. The highest BCUT2D eigenvalue weighted by molar-refractivity contribution is 7.85. The second kappa shape index (κ2) is 3.59. The fourth-order valence-electron chi connectivity index (χ4n) is 2.27. The standard InChI is InChI=1S/C11H17F2NOS/c1-10(2,3)16(15)14-6-7-4-8-9(5-7)11(8,12)13/h6-9H,4-5H2,1-3H3/b14-6+/t7?,8-,9+,16-/m1/s1. The van der Waals surface area contributed by atoms with E-state index in [0.29, 0.717) is 12.8 Å². The van der Waals surface area contributed by atoms with Crippen molar-refractivity contribution in [1.82, 2.24) is 0 Å². The van der Waals surface area contributed by atoms with Gasteiger partial charge in [-0.3, -0.25) is 0 Å². The van der Waals surface area contributed by atoms with E-state index in [-0.39, 0.29) is 10.7 Å². The Labute approximate surface area is 97.1 Å². The molecule has 16 heavy (non-hydrogen) atoms. The van der Waals surface area contributed by atoms with Gasteiger partial charge in [-0.05, 0) is 39.5 Å². The van der Waals surface area contributed by atoms with Gasteiger partial charge in [0.1, 0.15) is 11.0 Å². The Bertz CT molecular complexity index is 334. The number of alkyl halides is 2. The molecule has 0 saturated heterocycles. The third-order valence-corrected chi connectivity index (χ3v) is 4.73. The van der Waals surface area contributed by atoms with Crippen LogP contribution in [0.25, 0.3) is 0 Å². The van der Waals surface area contributed by atoms with Crippen LogP contribution >= 0.6 is 0 Å². The molecule has 92 valence electrons. The normalized spacial score (nSPS) is 38.7. The van der Waals surface area contributed by atoms with E-state index in [9.17, 15) is 13.0 Å². The lowest BCUT2D eigenvalue weighted by Crippen LogP contribution is -2.20. The number of halogens is 2. The molecule has 0 bridgehead atoms. The molecule has 2 aliphatic rings. The van der Waals surface area contributed by atoms with Gasteiger partial charge in [0.15, 0.2) is 0 Å². The van der Waals surface area contributed by atoms with Crippen molar-refractivity contribution in [2.45, 2.75) is 44.3 Å². The topological polar surface area (TPSA) is 29.4 Å². The maximum Gasteiger partial charge on any atom is 0.254 e. The van der Waals surface area contributed by atoms with E-state index in [1.54, 1.807) is 6.21 Å². The summed E-state index contributed by atoms with van der Waals surface area (Å²) in [5.41, 5.74) is 0. The molecular formula is C11H17F2NOS. The van der Waals surface area contributed by atoms with E-state index < -0.39 is 28.7 Å². The molecule has 0 aromatic carbocycles. The van der Waals surface area contributed by atoms with Crippen molar-refractivity contribution in [2.24, 2.45) is 22.2 Å². The molecule has 0 aliphatic heterocycles. The first-order chi connectivity index (χ1) is 7.23. The second-order valence-electron chi connectivity index (χ2n) is 5.74. The van der Waals surface area contributed by atoms with Crippen molar-refractivity contribution in [3.05, 3.63) is 0 Å². The van der Waals surface area contributed by atoms with Crippen molar-refractivity contribution in [3.8, 4) is 0 Å². The first-order valence-corrected chi connectivity index (χ1v) is 6.67. The summed E-state index contributed by atoms with van der Waals surface area (Å²) in [7, 11) is -1.27. The third kappa shape index (κ3) is 2.06. The van der Waals surface area contributed by atoms with Gasteiger partial charge in [0.2, 0.25) is 0 Å². The van der Waals surface area contributed by atoms with E-state index in [2.05, 4.69) is 4.40 Å². The SMILES string of the molecule is CC(C)(C)[S@@](=O)/N=C/C1C[C@@H]2[C@H](C1)C2(F)F. The quantitative estimate of drug-likeness (QED) is 0.692. The molecule has 0 aromatic heterocycles. The number of hydrogen-bond donors (Lipinski definition) is 0. The van der Waals surface area contributed by atoms with Gasteiger partial charge in [0, 0.05) is 18.1 Å². The van der Waals surface area contributed by atoms with Crippen molar-refractivity contribution in [1.29, 1.82) is 0 Å². The summed E-state index contributed by atoms with van der Waals surface area (Å²) in [6, 6.07) is 0. The molecule has 2 fully saturated rings. The van der Waals surface area contributed by atoms with Gasteiger partial charge in [0.25, 0.3) is 5.92 Å². The van der Waals surface area contributed by atoms with Crippen molar-refractivity contribution in [3.63, 3.8) is 0 Å². The lowest BCUT2D eigenvalue weighted by molar-refractivity contribution is 0.0691. The summed E-state index contributed by atoms with van der Waals surface area (Å²) >= 11 is 0. The van der Waals surface area contributed by atoms with Crippen LogP contribution in [0.1, 0.15) is 33.6 Å². The van der Waals surface area contributed by atoms with Crippen LogP contribution in [0, 0.1) is 17.8 Å². The van der Waals surface area contributed by atoms with Crippen LogP contribution in [0.15, 0.2) is 4.40 Å². The molecule has 2 aliphatic carbocycles. The van der Waals surface area contributed by atoms with Crippen LogP contribution in [0.5, 0.6) is 0 Å². The minimum absolute atomic E-state index is 0.0981. The average molecular weight is 249 g/mol. The van der Waals surface area contributed by atoms with Crippen molar-refractivity contribution < 1.29 is 13.0 Å². The largest absolute Gasteiger partial charge is 0.254 e. The summed E-state index contributed by atoms with van der Waals surface area (Å²) in [6.07, 6.45) is 2.63. The zero-order valence-corrected chi connectivity index (χ0v) is 10.6. The molecule has 0 spiro atoms. The first-order valence-electron chi connectivity index (χ1n) is 5.57. The Morgan fingerprint density at radius 1 is 1.31 bits per heavy atom. The smallest absolute Gasteiger partial charge is 0.234 e. The van der Waals surface area contributed by atoms with Crippen molar-refractivity contribution >= 4 is 17.2 Å². The Kier molecular flexibility index (Phi) is 2.72. The van der Waals surface area contributed by atoms with Gasteiger partial charge in [-0.2, -0.15) is 4.40 Å². The number of fused-ring (bicyclic) bond motifs is 1. The fraction of sp³-hybridized carbons (Fsp3) is 0.909. The first kappa shape index (κ1) is 12.1. The molecular weight excluding hydrogens is 232 g/mol. The minimum Gasteiger partial charge on any atom is -0.234 e. The predicted molar refractivity (Wildman–Crippen MR) is 61.0 cm³/mol. The number of hydrogen-bond acceptors (Lipinski definition) is 1.